The zero-order chi connectivity index (χ0) is 14.0. The van der Waals surface area contributed by atoms with E-state index in [1.165, 1.54) is 11.1 Å². The molecule has 1 aliphatic carbocycles. The van der Waals surface area contributed by atoms with Crippen molar-refractivity contribution in [1.29, 1.82) is 0 Å². The largest absolute Gasteiger partial charge is 0.359 e. The first-order valence-electron chi connectivity index (χ1n) is 6.99. The van der Waals surface area contributed by atoms with Crippen LogP contribution in [-0.2, 0) is 11.2 Å². The minimum atomic E-state index is -0.383. The third-order valence-corrected chi connectivity index (χ3v) is 4.11. The molecule has 0 radical (unpaired) electrons. The Bertz CT molecular complexity index is 468. The van der Waals surface area contributed by atoms with E-state index in [9.17, 15) is 4.79 Å². The zero-order valence-electron chi connectivity index (χ0n) is 12.3. The molecule has 3 heteroatoms. The fraction of sp³-hybridized carbons (Fsp3) is 0.562. The molecular formula is C16H24N2O. The van der Waals surface area contributed by atoms with Gasteiger partial charge >= 0.3 is 0 Å². The van der Waals surface area contributed by atoms with Crippen molar-refractivity contribution in [3.8, 4) is 0 Å². The van der Waals surface area contributed by atoms with E-state index < -0.39 is 0 Å². The van der Waals surface area contributed by atoms with Gasteiger partial charge in [0.15, 0.2) is 0 Å². The molecule has 2 atom stereocenters. The van der Waals surface area contributed by atoms with E-state index in [2.05, 4.69) is 41.8 Å². The Morgan fingerprint density at radius 3 is 2.74 bits per heavy atom. The van der Waals surface area contributed by atoms with Crippen LogP contribution < -0.4 is 10.6 Å². The molecule has 0 bridgehead atoms. The Kier molecular flexibility index (Phi) is 3.95. The molecule has 0 fully saturated rings. The van der Waals surface area contributed by atoms with E-state index in [0.717, 1.165) is 6.42 Å². The van der Waals surface area contributed by atoms with Gasteiger partial charge in [-0.1, -0.05) is 31.2 Å². The first kappa shape index (κ1) is 14.1. The molecule has 2 N–H and O–H groups in total. The van der Waals surface area contributed by atoms with E-state index in [4.69, 9.17) is 0 Å². The fourth-order valence-corrected chi connectivity index (χ4v) is 2.89. The summed E-state index contributed by atoms with van der Waals surface area (Å²) in [5, 5.41) is 6.31. The lowest BCUT2D eigenvalue weighted by molar-refractivity contribution is -0.128. The first-order valence-corrected chi connectivity index (χ1v) is 6.99. The summed E-state index contributed by atoms with van der Waals surface area (Å²) in [6, 6.07) is 8.96. The SMILES string of the molecule is CNC(=O)C(C)(C)CN[C@@H]1c2ccccc2C[C@@H]1C. The average Bonchev–Trinajstić information content (AvgIpc) is 2.71. The van der Waals surface area contributed by atoms with Gasteiger partial charge in [0, 0.05) is 19.6 Å². The predicted molar refractivity (Wildman–Crippen MR) is 77.9 cm³/mol. The van der Waals surface area contributed by atoms with E-state index in [1.807, 2.05) is 13.8 Å². The van der Waals surface area contributed by atoms with Crippen LogP contribution >= 0.6 is 0 Å². The molecule has 0 heterocycles. The van der Waals surface area contributed by atoms with Crippen molar-refractivity contribution < 1.29 is 4.79 Å². The van der Waals surface area contributed by atoms with Crippen molar-refractivity contribution in [2.24, 2.45) is 11.3 Å². The molecule has 3 nitrogen and oxygen atoms in total. The number of nitrogens with one attached hydrogen (secondary N) is 2. The van der Waals surface area contributed by atoms with E-state index in [-0.39, 0.29) is 11.3 Å². The monoisotopic (exact) mass is 260 g/mol. The highest BCUT2D eigenvalue weighted by atomic mass is 16.2. The normalized spacial score (nSPS) is 22.1. The highest BCUT2D eigenvalue weighted by Crippen LogP contribution is 2.36. The summed E-state index contributed by atoms with van der Waals surface area (Å²) >= 11 is 0. The smallest absolute Gasteiger partial charge is 0.226 e. The molecule has 1 aromatic carbocycles. The van der Waals surface area contributed by atoms with E-state index in [1.54, 1.807) is 7.05 Å². The lowest BCUT2D eigenvalue weighted by atomic mass is 9.91. The summed E-state index contributed by atoms with van der Waals surface area (Å²) in [6.07, 6.45) is 1.12. The molecule has 0 spiro atoms. The Labute approximate surface area is 115 Å². The van der Waals surface area contributed by atoms with Gasteiger partial charge < -0.3 is 10.6 Å². The molecular weight excluding hydrogens is 236 g/mol. The second-order valence-electron chi connectivity index (χ2n) is 6.20. The molecule has 104 valence electrons. The van der Waals surface area contributed by atoms with Crippen LogP contribution in [-0.4, -0.2) is 19.5 Å². The van der Waals surface area contributed by atoms with Crippen LogP contribution in [0.5, 0.6) is 0 Å². The number of hydrogen-bond acceptors (Lipinski definition) is 2. The van der Waals surface area contributed by atoms with Crippen molar-refractivity contribution >= 4 is 5.91 Å². The third-order valence-electron chi connectivity index (χ3n) is 4.11. The van der Waals surface area contributed by atoms with Gasteiger partial charge in [-0.2, -0.15) is 0 Å². The van der Waals surface area contributed by atoms with Gasteiger partial charge in [-0.05, 0) is 37.3 Å². The summed E-state index contributed by atoms with van der Waals surface area (Å²) in [5.41, 5.74) is 2.44. The molecule has 1 aliphatic rings. The first-order chi connectivity index (χ1) is 8.95. The van der Waals surface area contributed by atoms with E-state index >= 15 is 0 Å². The fourth-order valence-electron chi connectivity index (χ4n) is 2.89. The Balaban J connectivity index is 2.06. The minimum absolute atomic E-state index is 0.0823. The van der Waals surface area contributed by atoms with Crippen molar-refractivity contribution in [3.63, 3.8) is 0 Å². The molecule has 2 rings (SSSR count). The maximum Gasteiger partial charge on any atom is 0.226 e. The minimum Gasteiger partial charge on any atom is -0.359 e. The summed E-state index contributed by atoms with van der Waals surface area (Å²) < 4.78 is 0. The van der Waals surface area contributed by atoms with Gasteiger partial charge in [-0.15, -0.1) is 0 Å². The van der Waals surface area contributed by atoms with Crippen LogP contribution in [0.3, 0.4) is 0 Å². The van der Waals surface area contributed by atoms with Gasteiger partial charge in [-0.25, -0.2) is 0 Å². The van der Waals surface area contributed by atoms with Crippen molar-refractivity contribution in [1.82, 2.24) is 10.6 Å². The molecule has 0 aliphatic heterocycles. The lowest BCUT2D eigenvalue weighted by Gasteiger charge is -2.27. The molecule has 1 amide bonds. The molecule has 19 heavy (non-hydrogen) atoms. The Morgan fingerprint density at radius 2 is 2.05 bits per heavy atom. The van der Waals surface area contributed by atoms with Gasteiger partial charge in [0.1, 0.15) is 0 Å². The number of benzene rings is 1. The topological polar surface area (TPSA) is 41.1 Å². The van der Waals surface area contributed by atoms with Crippen LogP contribution in [0.15, 0.2) is 24.3 Å². The van der Waals surface area contributed by atoms with Crippen molar-refractivity contribution in [3.05, 3.63) is 35.4 Å². The highest BCUT2D eigenvalue weighted by Gasteiger charge is 2.32. The lowest BCUT2D eigenvalue weighted by Crippen LogP contribution is -2.43. The number of fused-ring (bicyclic) bond motifs is 1. The average molecular weight is 260 g/mol. The molecule has 0 unspecified atom stereocenters. The Morgan fingerprint density at radius 1 is 1.37 bits per heavy atom. The molecule has 0 aromatic heterocycles. The number of carbonyl (C=O) groups is 1. The van der Waals surface area contributed by atoms with Crippen LogP contribution in [0.1, 0.15) is 37.9 Å². The second-order valence-corrected chi connectivity index (χ2v) is 6.20. The number of amides is 1. The highest BCUT2D eigenvalue weighted by molar-refractivity contribution is 5.81. The van der Waals surface area contributed by atoms with Crippen molar-refractivity contribution in [2.45, 2.75) is 33.2 Å². The third kappa shape index (κ3) is 2.81. The maximum absolute atomic E-state index is 11.8. The van der Waals surface area contributed by atoms with Gasteiger partial charge in [0.05, 0.1) is 5.41 Å². The molecule has 1 aromatic rings. The van der Waals surface area contributed by atoms with Crippen LogP contribution in [0.4, 0.5) is 0 Å². The standard InChI is InChI=1S/C16H24N2O/c1-11-9-12-7-5-6-8-13(12)14(11)18-10-16(2,3)15(19)17-4/h5-8,11,14,18H,9-10H2,1-4H3,(H,17,19)/t11-,14-/m0/s1. The van der Waals surface area contributed by atoms with Crippen LogP contribution in [0.2, 0.25) is 0 Å². The number of hydrogen-bond donors (Lipinski definition) is 2. The quantitative estimate of drug-likeness (QED) is 0.872. The van der Waals surface area contributed by atoms with Gasteiger partial charge in [-0.3, -0.25) is 4.79 Å². The second kappa shape index (κ2) is 5.33. The van der Waals surface area contributed by atoms with Gasteiger partial charge in [0.25, 0.3) is 0 Å². The van der Waals surface area contributed by atoms with Crippen LogP contribution in [0.25, 0.3) is 0 Å². The molecule has 0 saturated carbocycles. The summed E-state index contributed by atoms with van der Waals surface area (Å²) in [5.74, 6) is 0.664. The van der Waals surface area contributed by atoms with Crippen molar-refractivity contribution in [2.75, 3.05) is 13.6 Å². The zero-order valence-corrected chi connectivity index (χ0v) is 12.3. The predicted octanol–water partition coefficient (Wildman–Crippen LogP) is 2.28. The van der Waals surface area contributed by atoms with E-state index in [0.29, 0.717) is 18.5 Å². The number of carbonyl (C=O) groups excluding carboxylic acids is 1. The summed E-state index contributed by atoms with van der Waals surface area (Å²) in [7, 11) is 1.69. The van der Waals surface area contributed by atoms with Crippen LogP contribution in [0, 0.1) is 11.3 Å². The Hall–Kier alpha value is -1.35. The molecule has 0 saturated heterocycles. The number of rotatable bonds is 4. The summed E-state index contributed by atoms with van der Waals surface area (Å²) in [4.78, 5) is 11.8. The summed E-state index contributed by atoms with van der Waals surface area (Å²) in [6.45, 7) is 6.91. The van der Waals surface area contributed by atoms with Gasteiger partial charge in [0.2, 0.25) is 5.91 Å². The maximum atomic E-state index is 11.8.